The van der Waals surface area contributed by atoms with E-state index < -0.39 is 36.0 Å². The lowest BCUT2D eigenvalue weighted by Crippen LogP contribution is -2.55. The second kappa shape index (κ2) is 12.4. The van der Waals surface area contributed by atoms with Crippen molar-refractivity contribution in [2.45, 2.75) is 37.2 Å². The minimum Gasteiger partial charge on any atom is -0.497 e. The maximum atomic E-state index is 14.7. The molecule has 0 aliphatic carbocycles. The van der Waals surface area contributed by atoms with Crippen LogP contribution in [0.5, 0.6) is 5.75 Å². The van der Waals surface area contributed by atoms with Gasteiger partial charge < -0.3 is 25.0 Å². The van der Waals surface area contributed by atoms with Crippen LogP contribution in [0.25, 0.3) is 0 Å². The summed E-state index contributed by atoms with van der Waals surface area (Å²) in [4.78, 5) is 32.3. The molecule has 0 saturated carbocycles. The molecule has 1 fully saturated rings. The number of alkyl halides is 4. The Hall–Kier alpha value is -3.12. The van der Waals surface area contributed by atoms with E-state index in [0.29, 0.717) is 31.7 Å². The zero-order valence-corrected chi connectivity index (χ0v) is 22.5. The first-order valence-electron chi connectivity index (χ1n) is 12.3. The molecule has 2 aromatic rings. The molecule has 2 atom stereocenters. The Morgan fingerprint density at radius 2 is 1.90 bits per heavy atom. The van der Waals surface area contributed by atoms with Crippen molar-refractivity contribution < 1.29 is 37.0 Å². The minimum atomic E-state index is -5.35. The highest BCUT2D eigenvalue weighted by atomic mass is 35.5. The first-order valence-corrected chi connectivity index (χ1v) is 12.6. The van der Waals surface area contributed by atoms with Crippen molar-refractivity contribution in [3.8, 4) is 5.75 Å². The molecule has 8 nitrogen and oxygen atoms in total. The maximum absolute atomic E-state index is 14.7. The van der Waals surface area contributed by atoms with Gasteiger partial charge in [0.25, 0.3) is 17.4 Å². The number of nitrogens with zero attached hydrogens (tertiary/aromatic N) is 3. The number of amides is 2. The van der Waals surface area contributed by atoms with Crippen molar-refractivity contribution in [2.75, 3.05) is 45.7 Å². The number of pyridine rings is 1. The molecule has 214 valence electrons. The molecule has 0 bridgehead atoms. The third kappa shape index (κ3) is 6.91. The molecule has 1 saturated heterocycles. The normalized spacial score (nSPS) is 16.8. The van der Waals surface area contributed by atoms with E-state index in [2.05, 4.69) is 4.98 Å². The first kappa shape index (κ1) is 30.4. The standard InChI is InChI=1S/C26H31ClF4N4O4/c1-34(2)23(36)20-7-8-21(33-22(20)27)35-11-9-16(10-12-35)13-18(28)15-32-24(37)25(38,26(29,30)31)17-5-4-6-19(14-17)39-3/h4-8,14,16,18,38H,9-13,15H2,1-3H3,(H,32,37)/t18-,25+/m0/s1. The fraction of sp³-hybridized carbons (Fsp3) is 0.500. The number of carbonyl (C=O) groups excluding carboxylic acids is 2. The Bertz CT molecular complexity index is 1170. The van der Waals surface area contributed by atoms with Crippen molar-refractivity contribution in [1.82, 2.24) is 15.2 Å². The first-order chi connectivity index (χ1) is 18.3. The van der Waals surface area contributed by atoms with Crippen molar-refractivity contribution in [3.63, 3.8) is 0 Å². The number of benzene rings is 1. The van der Waals surface area contributed by atoms with E-state index >= 15 is 0 Å². The van der Waals surface area contributed by atoms with E-state index in [1.807, 2.05) is 10.2 Å². The van der Waals surface area contributed by atoms with Crippen LogP contribution in [0.1, 0.15) is 35.2 Å². The largest absolute Gasteiger partial charge is 0.497 e. The fourth-order valence-electron chi connectivity index (χ4n) is 4.45. The van der Waals surface area contributed by atoms with Gasteiger partial charge in [0.2, 0.25) is 0 Å². The average Bonchev–Trinajstić information content (AvgIpc) is 2.90. The Morgan fingerprint density at radius 3 is 2.46 bits per heavy atom. The molecule has 1 aromatic carbocycles. The number of nitrogens with one attached hydrogen (secondary N) is 1. The lowest BCUT2D eigenvalue weighted by molar-refractivity contribution is -0.257. The molecule has 3 rings (SSSR count). The number of halogens is 5. The van der Waals surface area contributed by atoms with Gasteiger partial charge in [-0.2, -0.15) is 13.2 Å². The van der Waals surface area contributed by atoms with Crippen LogP contribution in [0.2, 0.25) is 5.15 Å². The van der Waals surface area contributed by atoms with Crippen LogP contribution in [-0.4, -0.2) is 80.0 Å². The molecule has 0 spiro atoms. The molecule has 1 aliphatic heterocycles. The fourth-order valence-corrected chi connectivity index (χ4v) is 4.68. The summed E-state index contributed by atoms with van der Waals surface area (Å²) in [5.74, 6) is -1.50. The maximum Gasteiger partial charge on any atom is 0.430 e. The molecule has 2 heterocycles. The summed E-state index contributed by atoms with van der Waals surface area (Å²) in [6.07, 6.45) is -5.76. The minimum absolute atomic E-state index is 0.0214. The highest BCUT2D eigenvalue weighted by Crippen LogP contribution is 2.40. The number of piperidine rings is 1. The van der Waals surface area contributed by atoms with Gasteiger partial charge in [-0.3, -0.25) is 9.59 Å². The van der Waals surface area contributed by atoms with Gasteiger partial charge in [-0.05, 0) is 49.4 Å². The Morgan fingerprint density at radius 1 is 1.23 bits per heavy atom. The summed E-state index contributed by atoms with van der Waals surface area (Å²) < 4.78 is 61.0. The molecule has 0 radical (unpaired) electrons. The molecule has 0 unspecified atom stereocenters. The zero-order chi connectivity index (χ0) is 29.0. The number of hydrogen-bond acceptors (Lipinski definition) is 6. The number of aliphatic hydroxyl groups is 1. The van der Waals surface area contributed by atoms with Crippen molar-refractivity contribution >= 4 is 29.2 Å². The summed E-state index contributed by atoms with van der Waals surface area (Å²) in [6, 6.07) is 7.74. The molecular formula is C26H31ClF4N4O4. The SMILES string of the molecule is COc1cccc([C@@](O)(C(=O)NC[C@@H](F)CC2CCN(c3ccc(C(=O)N(C)C)c(Cl)n3)CC2)C(F)(F)F)c1. The Balaban J connectivity index is 1.55. The van der Waals surface area contributed by atoms with Gasteiger partial charge >= 0.3 is 6.18 Å². The number of aromatic nitrogens is 1. The van der Waals surface area contributed by atoms with Crippen LogP contribution in [-0.2, 0) is 10.4 Å². The van der Waals surface area contributed by atoms with Gasteiger partial charge in [0.1, 0.15) is 22.9 Å². The van der Waals surface area contributed by atoms with E-state index in [0.717, 1.165) is 12.1 Å². The van der Waals surface area contributed by atoms with Crippen LogP contribution in [0.15, 0.2) is 36.4 Å². The summed E-state index contributed by atoms with van der Waals surface area (Å²) in [7, 11) is 4.45. The second-order valence-electron chi connectivity index (χ2n) is 9.62. The predicted molar refractivity (Wildman–Crippen MR) is 138 cm³/mol. The molecule has 39 heavy (non-hydrogen) atoms. The molecule has 1 aliphatic rings. The van der Waals surface area contributed by atoms with Gasteiger partial charge in [-0.25, -0.2) is 9.37 Å². The van der Waals surface area contributed by atoms with Gasteiger partial charge in [-0.1, -0.05) is 23.7 Å². The Labute approximate surface area is 228 Å². The molecule has 2 amide bonds. The number of methoxy groups -OCH3 is 1. The van der Waals surface area contributed by atoms with Crippen LogP contribution in [0, 0.1) is 5.92 Å². The van der Waals surface area contributed by atoms with Crippen molar-refractivity contribution in [2.24, 2.45) is 5.92 Å². The van der Waals surface area contributed by atoms with Crippen molar-refractivity contribution in [1.29, 1.82) is 0 Å². The van der Waals surface area contributed by atoms with E-state index in [1.165, 1.54) is 24.1 Å². The van der Waals surface area contributed by atoms with Gasteiger partial charge in [0.15, 0.2) is 0 Å². The summed E-state index contributed by atoms with van der Waals surface area (Å²) in [6.45, 7) is 0.398. The van der Waals surface area contributed by atoms with E-state index in [9.17, 15) is 32.3 Å². The topological polar surface area (TPSA) is 95.0 Å². The lowest BCUT2D eigenvalue weighted by atomic mass is 9.90. The number of anilines is 1. The number of carbonyl (C=O) groups is 2. The number of rotatable bonds is 9. The van der Waals surface area contributed by atoms with Gasteiger partial charge in [0.05, 0.1) is 12.7 Å². The van der Waals surface area contributed by atoms with Crippen LogP contribution in [0.3, 0.4) is 0 Å². The summed E-state index contributed by atoms with van der Waals surface area (Å²) in [5.41, 5.74) is -4.32. The lowest BCUT2D eigenvalue weighted by Gasteiger charge is -2.34. The number of ether oxygens (including phenoxy) is 1. The number of hydrogen-bond donors (Lipinski definition) is 2. The quantitative estimate of drug-likeness (QED) is 0.348. The zero-order valence-electron chi connectivity index (χ0n) is 21.8. The van der Waals surface area contributed by atoms with E-state index in [-0.39, 0.29) is 34.7 Å². The second-order valence-corrected chi connectivity index (χ2v) is 9.98. The van der Waals surface area contributed by atoms with Crippen LogP contribution < -0.4 is 15.0 Å². The van der Waals surface area contributed by atoms with E-state index in [4.69, 9.17) is 16.3 Å². The average molecular weight is 575 g/mol. The molecule has 13 heteroatoms. The third-order valence-electron chi connectivity index (χ3n) is 6.71. The third-order valence-corrected chi connectivity index (χ3v) is 7.00. The molecule has 2 N–H and O–H groups in total. The van der Waals surface area contributed by atoms with Crippen molar-refractivity contribution in [3.05, 3.63) is 52.7 Å². The van der Waals surface area contributed by atoms with Gasteiger partial charge in [-0.15, -0.1) is 0 Å². The highest BCUT2D eigenvalue weighted by Gasteiger charge is 2.61. The molecular weight excluding hydrogens is 544 g/mol. The summed E-state index contributed by atoms with van der Waals surface area (Å²) in [5, 5.41) is 12.4. The Kier molecular flexibility index (Phi) is 9.65. The smallest absolute Gasteiger partial charge is 0.430 e. The van der Waals surface area contributed by atoms with Crippen LogP contribution in [0.4, 0.5) is 23.4 Å². The van der Waals surface area contributed by atoms with E-state index in [1.54, 1.807) is 26.2 Å². The van der Waals surface area contributed by atoms with Crippen LogP contribution >= 0.6 is 11.6 Å². The highest BCUT2D eigenvalue weighted by molar-refractivity contribution is 6.32. The predicted octanol–water partition coefficient (Wildman–Crippen LogP) is 3.96. The molecule has 1 aromatic heterocycles. The summed E-state index contributed by atoms with van der Waals surface area (Å²) >= 11 is 6.20. The van der Waals surface area contributed by atoms with Gasteiger partial charge in [0, 0.05) is 39.3 Å². The monoisotopic (exact) mass is 574 g/mol.